The van der Waals surface area contributed by atoms with Crippen molar-refractivity contribution in [1.82, 2.24) is 5.32 Å². The monoisotopic (exact) mass is 329 g/mol. The Kier molecular flexibility index (Phi) is 6.19. The van der Waals surface area contributed by atoms with Crippen molar-refractivity contribution in [3.63, 3.8) is 0 Å². The van der Waals surface area contributed by atoms with Gasteiger partial charge in [-0.3, -0.25) is 0 Å². The molecule has 0 radical (unpaired) electrons. The van der Waals surface area contributed by atoms with Crippen LogP contribution in [0.4, 0.5) is 0 Å². The number of rotatable bonds is 5. The summed E-state index contributed by atoms with van der Waals surface area (Å²) in [4.78, 5) is 1.51. The molecular formula is C15H24BrNS. The van der Waals surface area contributed by atoms with Crippen molar-refractivity contribution in [3.8, 4) is 0 Å². The Morgan fingerprint density at radius 3 is 2.56 bits per heavy atom. The first-order valence-corrected chi connectivity index (χ1v) is 8.88. The van der Waals surface area contributed by atoms with E-state index in [2.05, 4.69) is 40.3 Å². The molecule has 0 aromatic carbocycles. The molecule has 0 aliphatic heterocycles. The normalized spacial score (nSPS) is 19.7. The summed E-state index contributed by atoms with van der Waals surface area (Å²) in [5, 5.41) is 3.73. The summed E-state index contributed by atoms with van der Waals surface area (Å²) in [6.45, 7) is 3.32. The average molecular weight is 330 g/mol. The van der Waals surface area contributed by atoms with E-state index < -0.39 is 0 Å². The van der Waals surface area contributed by atoms with Crippen LogP contribution >= 0.6 is 27.3 Å². The predicted octanol–water partition coefficient (Wildman–Crippen LogP) is 5.00. The third kappa shape index (κ3) is 4.36. The zero-order valence-corrected chi connectivity index (χ0v) is 13.7. The molecule has 102 valence electrons. The van der Waals surface area contributed by atoms with Crippen molar-refractivity contribution in [2.24, 2.45) is 5.92 Å². The molecular weight excluding hydrogens is 306 g/mol. The summed E-state index contributed by atoms with van der Waals surface area (Å²) in [6.07, 6.45) is 9.80. The number of likely N-dealkylation sites (N-methyl/N-ethyl adjacent to an activating group) is 1. The predicted molar refractivity (Wildman–Crippen MR) is 84.4 cm³/mol. The van der Waals surface area contributed by atoms with E-state index in [1.165, 1.54) is 53.6 Å². The lowest BCUT2D eigenvalue weighted by Crippen LogP contribution is -2.37. The third-order valence-electron chi connectivity index (χ3n) is 3.99. The Labute approximate surface area is 123 Å². The highest BCUT2D eigenvalue weighted by Crippen LogP contribution is 2.29. The fourth-order valence-corrected chi connectivity index (χ4v) is 4.60. The van der Waals surface area contributed by atoms with Gasteiger partial charge in [0.15, 0.2) is 0 Å². The number of hydrogen-bond acceptors (Lipinski definition) is 2. The van der Waals surface area contributed by atoms with E-state index in [1.807, 2.05) is 11.3 Å². The molecule has 1 fully saturated rings. The van der Waals surface area contributed by atoms with Crippen molar-refractivity contribution < 1.29 is 0 Å². The molecule has 1 atom stereocenters. The van der Waals surface area contributed by atoms with Crippen LogP contribution in [0.5, 0.6) is 0 Å². The van der Waals surface area contributed by atoms with Gasteiger partial charge in [-0.15, -0.1) is 11.3 Å². The van der Waals surface area contributed by atoms with Crippen molar-refractivity contribution in [2.75, 3.05) is 6.54 Å². The van der Waals surface area contributed by atoms with E-state index >= 15 is 0 Å². The minimum atomic E-state index is 0.679. The second kappa shape index (κ2) is 7.66. The summed E-state index contributed by atoms with van der Waals surface area (Å²) in [5.41, 5.74) is 0. The quantitative estimate of drug-likeness (QED) is 0.749. The second-order valence-corrected chi connectivity index (χ2v) is 7.87. The maximum absolute atomic E-state index is 3.73. The van der Waals surface area contributed by atoms with E-state index in [1.54, 1.807) is 0 Å². The van der Waals surface area contributed by atoms with Crippen LogP contribution in [0, 0.1) is 5.92 Å². The average Bonchev–Trinajstić information content (AvgIpc) is 2.63. The first kappa shape index (κ1) is 14.5. The summed E-state index contributed by atoms with van der Waals surface area (Å²) in [5.74, 6) is 0.883. The molecule has 18 heavy (non-hydrogen) atoms. The molecule has 1 unspecified atom stereocenters. The van der Waals surface area contributed by atoms with Crippen molar-refractivity contribution in [1.29, 1.82) is 0 Å². The summed E-state index contributed by atoms with van der Waals surface area (Å²) >= 11 is 5.46. The second-order valence-electron chi connectivity index (χ2n) is 5.33. The summed E-state index contributed by atoms with van der Waals surface area (Å²) < 4.78 is 1.26. The molecule has 1 aliphatic rings. The van der Waals surface area contributed by atoms with Gasteiger partial charge in [-0.05, 0) is 59.8 Å². The van der Waals surface area contributed by atoms with Gasteiger partial charge >= 0.3 is 0 Å². The smallest absolute Gasteiger partial charge is 0.0701 e. The molecule has 0 bridgehead atoms. The standard InChI is InChI=1S/C15H24BrNS/c1-2-17-14(11-13-9-10-15(16)18-13)12-7-5-3-4-6-8-12/h9-10,12,14,17H,2-8,11H2,1H3. The molecule has 3 heteroatoms. The topological polar surface area (TPSA) is 12.0 Å². The molecule has 0 saturated heterocycles. The highest BCUT2D eigenvalue weighted by molar-refractivity contribution is 9.11. The van der Waals surface area contributed by atoms with Gasteiger partial charge in [0.2, 0.25) is 0 Å². The molecule has 1 aliphatic carbocycles. The fourth-order valence-electron chi connectivity index (χ4n) is 3.06. The first-order chi connectivity index (χ1) is 8.79. The van der Waals surface area contributed by atoms with E-state index in [0.29, 0.717) is 6.04 Å². The lowest BCUT2D eigenvalue weighted by molar-refractivity contribution is 0.323. The van der Waals surface area contributed by atoms with Gasteiger partial charge in [-0.2, -0.15) is 0 Å². The van der Waals surface area contributed by atoms with E-state index in [-0.39, 0.29) is 0 Å². The largest absolute Gasteiger partial charge is 0.314 e. The Bertz CT molecular complexity index is 342. The zero-order valence-electron chi connectivity index (χ0n) is 11.3. The van der Waals surface area contributed by atoms with Gasteiger partial charge in [-0.1, -0.05) is 32.6 Å². The van der Waals surface area contributed by atoms with Crippen molar-refractivity contribution in [3.05, 3.63) is 20.8 Å². The first-order valence-electron chi connectivity index (χ1n) is 7.27. The maximum Gasteiger partial charge on any atom is 0.0701 e. The van der Waals surface area contributed by atoms with E-state index in [0.717, 1.165) is 12.5 Å². The maximum atomic E-state index is 3.73. The number of hydrogen-bond donors (Lipinski definition) is 1. The lowest BCUT2D eigenvalue weighted by atomic mass is 9.89. The molecule has 1 heterocycles. The Morgan fingerprint density at radius 1 is 1.28 bits per heavy atom. The molecule has 1 aromatic heterocycles. The van der Waals surface area contributed by atoms with Crippen LogP contribution in [0.3, 0.4) is 0 Å². The van der Waals surface area contributed by atoms with Gasteiger partial charge < -0.3 is 5.32 Å². The highest BCUT2D eigenvalue weighted by Gasteiger charge is 2.22. The van der Waals surface area contributed by atoms with Crippen LogP contribution in [-0.4, -0.2) is 12.6 Å². The van der Waals surface area contributed by atoms with Crippen LogP contribution in [0.15, 0.2) is 15.9 Å². The summed E-state index contributed by atoms with van der Waals surface area (Å²) in [7, 11) is 0. The van der Waals surface area contributed by atoms with Crippen LogP contribution in [0.25, 0.3) is 0 Å². The van der Waals surface area contributed by atoms with Crippen LogP contribution in [0.2, 0.25) is 0 Å². The molecule has 1 aromatic rings. The van der Waals surface area contributed by atoms with Crippen molar-refractivity contribution >= 4 is 27.3 Å². The SMILES string of the molecule is CCNC(Cc1ccc(Br)s1)C1CCCCCC1. The van der Waals surface area contributed by atoms with Gasteiger partial charge in [-0.25, -0.2) is 0 Å². The summed E-state index contributed by atoms with van der Waals surface area (Å²) in [6, 6.07) is 5.13. The van der Waals surface area contributed by atoms with Gasteiger partial charge in [0.1, 0.15) is 0 Å². The minimum Gasteiger partial charge on any atom is -0.314 e. The Balaban J connectivity index is 1.97. The number of thiophene rings is 1. The lowest BCUT2D eigenvalue weighted by Gasteiger charge is -2.26. The van der Waals surface area contributed by atoms with Gasteiger partial charge in [0.05, 0.1) is 3.79 Å². The van der Waals surface area contributed by atoms with Crippen molar-refractivity contribution in [2.45, 2.75) is 57.9 Å². The minimum absolute atomic E-state index is 0.679. The van der Waals surface area contributed by atoms with Gasteiger partial charge in [0.25, 0.3) is 0 Å². The fraction of sp³-hybridized carbons (Fsp3) is 0.733. The molecule has 2 rings (SSSR count). The Morgan fingerprint density at radius 2 is 2.00 bits per heavy atom. The van der Waals surface area contributed by atoms with E-state index in [4.69, 9.17) is 0 Å². The molecule has 1 nitrogen and oxygen atoms in total. The highest BCUT2D eigenvalue weighted by atomic mass is 79.9. The van der Waals surface area contributed by atoms with Gasteiger partial charge in [0, 0.05) is 10.9 Å². The number of halogens is 1. The molecule has 1 N–H and O–H groups in total. The molecule has 1 saturated carbocycles. The molecule has 0 spiro atoms. The zero-order chi connectivity index (χ0) is 12.8. The van der Waals surface area contributed by atoms with Crippen LogP contribution in [0.1, 0.15) is 50.3 Å². The Hall–Kier alpha value is 0.140. The van der Waals surface area contributed by atoms with Crippen LogP contribution < -0.4 is 5.32 Å². The molecule has 0 amide bonds. The van der Waals surface area contributed by atoms with Crippen LogP contribution in [-0.2, 0) is 6.42 Å². The number of nitrogens with one attached hydrogen (secondary N) is 1. The van der Waals surface area contributed by atoms with E-state index in [9.17, 15) is 0 Å². The third-order valence-corrected chi connectivity index (χ3v) is 5.63.